The largest absolute Gasteiger partial charge is 0.303 e. The molecule has 0 aliphatic heterocycles. The van der Waals surface area contributed by atoms with Gasteiger partial charge in [0.15, 0.2) is 0 Å². The summed E-state index contributed by atoms with van der Waals surface area (Å²) in [5.74, 6) is 0.344. The first-order valence-corrected chi connectivity index (χ1v) is 7.80. The molecule has 0 aromatic heterocycles. The van der Waals surface area contributed by atoms with Crippen molar-refractivity contribution < 1.29 is 0 Å². The zero-order valence-electron chi connectivity index (χ0n) is 11.9. The quantitative estimate of drug-likeness (QED) is 0.543. The molecular weight excluding hydrogens is 249 g/mol. The summed E-state index contributed by atoms with van der Waals surface area (Å²) in [4.78, 5) is 0. The Hall–Kier alpha value is -1.17. The van der Waals surface area contributed by atoms with Crippen molar-refractivity contribution in [1.29, 1.82) is 0 Å². The number of nitrogens with one attached hydrogen (secondary N) is 1. The predicted molar refractivity (Wildman–Crippen MR) is 89.0 cm³/mol. The molecule has 0 amide bonds. The van der Waals surface area contributed by atoms with Crippen molar-refractivity contribution in [3.63, 3.8) is 0 Å². The number of allylic oxidation sites excluding steroid dienone is 2. The fourth-order valence-corrected chi connectivity index (χ4v) is 2.93. The molecule has 0 spiro atoms. The van der Waals surface area contributed by atoms with Crippen LogP contribution in [0.5, 0.6) is 0 Å². The van der Waals surface area contributed by atoms with E-state index in [9.17, 15) is 0 Å². The number of hydrogen-bond acceptors (Lipinski definition) is 1. The maximum atomic E-state index is 4.17. The lowest BCUT2D eigenvalue weighted by Crippen LogP contribution is -2.26. The van der Waals surface area contributed by atoms with Crippen LogP contribution in [0.15, 0.2) is 67.3 Å². The van der Waals surface area contributed by atoms with Crippen molar-refractivity contribution in [2.75, 3.05) is 0 Å². The van der Waals surface area contributed by atoms with Crippen LogP contribution in [0, 0.1) is 0 Å². The van der Waals surface area contributed by atoms with E-state index in [-0.39, 0.29) is 0 Å². The number of hydrogen-bond donors (Lipinski definition) is 1. The molecule has 1 aromatic carbocycles. The van der Waals surface area contributed by atoms with Crippen LogP contribution in [0.1, 0.15) is 19.4 Å². The fourth-order valence-electron chi connectivity index (χ4n) is 1.73. The van der Waals surface area contributed by atoms with Crippen molar-refractivity contribution in [2.24, 2.45) is 0 Å². The van der Waals surface area contributed by atoms with E-state index in [2.05, 4.69) is 56.6 Å². The van der Waals surface area contributed by atoms with Crippen molar-refractivity contribution in [1.82, 2.24) is 5.32 Å². The Labute approximate surface area is 119 Å². The summed E-state index contributed by atoms with van der Waals surface area (Å²) in [5.41, 5.74) is 3.10. The molecule has 0 saturated heterocycles. The molecule has 1 aromatic rings. The Bertz CT molecular complexity index is 420. The molecule has 0 aliphatic rings. The average molecular weight is 273 g/mol. The van der Waals surface area contributed by atoms with Gasteiger partial charge >= 0.3 is 0 Å². The molecule has 0 saturated carbocycles. The second-order valence-corrected chi connectivity index (χ2v) is 6.86. The lowest BCUT2D eigenvalue weighted by molar-refractivity contribution is 0.705. The topological polar surface area (TPSA) is 12.0 Å². The van der Waals surface area contributed by atoms with E-state index >= 15 is 0 Å². The molecule has 0 bridgehead atoms. The van der Waals surface area contributed by atoms with E-state index in [4.69, 9.17) is 0 Å². The van der Waals surface area contributed by atoms with Gasteiger partial charge < -0.3 is 5.32 Å². The van der Waals surface area contributed by atoms with Gasteiger partial charge in [-0.05, 0) is 16.8 Å². The summed E-state index contributed by atoms with van der Waals surface area (Å²) in [6, 6.07) is 10.5. The lowest BCUT2D eigenvalue weighted by atomic mass is 10.2. The van der Waals surface area contributed by atoms with E-state index in [1.54, 1.807) is 6.08 Å². The van der Waals surface area contributed by atoms with Gasteiger partial charge in [-0.1, -0.05) is 84.1 Å². The van der Waals surface area contributed by atoms with Gasteiger partial charge in [0.1, 0.15) is 0 Å². The highest BCUT2D eigenvalue weighted by Crippen LogP contribution is 2.28. The first kappa shape index (κ1) is 15.9. The number of benzene rings is 1. The number of rotatable bonds is 8. The van der Waals surface area contributed by atoms with Gasteiger partial charge in [-0.25, -0.2) is 0 Å². The Balaban J connectivity index is 2.61. The zero-order valence-corrected chi connectivity index (χ0v) is 12.9. The second-order valence-electron chi connectivity index (χ2n) is 4.79. The van der Waals surface area contributed by atoms with Gasteiger partial charge in [-0.2, -0.15) is 0 Å². The van der Waals surface area contributed by atoms with E-state index in [0.717, 1.165) is 20.7 Å². The third kappa shape index (κ3) is 6.52. The minimum Gasteiger partial charge on any atom is -0.303 e. The van der Waals surface area contributed by atoms with Crippen LogP contribution >= 0.6 is 8.58 Å². The van der Waals surface area contributed by atoms with Gasteiger partial charge in [0.2, 0.25) is 0 Å². The van der Waals surface area contributed by atoms with Crippen molar-refractivity contribution >= 4 is 8.58 Å². The van der Waals surface area contributed by atoms with Crippen molar-refractivity contribution in [3.05, 3.63) is 72.9 Å². The molecule has 102 valence electrons. The molecule has 0 aliphatic carbocycles. The first-order valence-electron chi connectivity index (χ1n) is 6.64. The highest BCUT2D eigenvalue weighted by molar-refractivity contribution is 7.40. The van der Waals surface area contributed by atoms with E-state index in [1.165, 1.54) is 5.56 Å². The van der Waals surface area contributed by atoms with Crippen molar-refractivity contribution in [2.45, 2.75) is 31.8 Å². The van der Waals surface area contributed by atoms with Crippen LogP contribution in [-0.4, -0.2) is 11.4 Å². The predicted octanol–water partition coefficient (Wildman–Crippen LogP) is 4.49. The van der Waals surface area contributed by atoms with Crippen LogP contribution in [0.3, 0.4) is 0 Å². The normalized spacial score (nSPS) is 13.4. The molecule has 1 N–H and O–H groups in total. The van der Waals surface area contributed by atoms with E-state index in [0.29, 0.717) is 11.4 Å². The maximum absolute atomic E-state index is 4.17. The van der Waals surface area contributed by atoms with E-state index < -0.39 is 0 Å². The molecule has 2 atom stereocenters. The smallest absolute Gasteiger partial charge is 0.0492 e. The molecule has 1 rings (SSSR count). The van der Waals surface area contributed by atoms with E-state index in [1.807, 2.05) is 18.2 Å². The zero-order chi connectivity index (χ0) is 14.1. The average Bonchev–Trinajstić information content (AvgIpc) is 2.41. The van der Waals surface area contributed by atoms with Crippen LogP contribution < -0.4 is 5.32 Å². The highest BCUT2D eigenvalue weighted by Gasteiger charge is 2.11. The lowest BCUT2D eigenvalue weighted by Gasteiger charge is -2.21. The van der Waals surface area contributed by atoms with Crippen LogP contribution in [0.2, 0.25) is 0 Å². The summed E-state index contributed by atoms with van der Waals surface area (Å²) in [5, 5.41) is 3.60. The Morgan fingerprint density at radius 3 is 2.58 bits per heavy atom. The van der Waals surface area contributed by atoms with Crippen LogP contribution in [0.25, 0.3) is 0 Å². The Kier molecular flexibility index (Phi) is 7.40. The summed E-state index contributed by atoms with van der Waals surface area (Å²) in [7, 11) is 0.827. The molecule has 2 heteroatoms. The maximum Gasteiger partial charge on any atom is 0.0492 e. The molecule has 0 radical (unpaired) electrons. The summed E-state index contributed by atoms with van der Waals surface area (Å²) >= 11 is 0. The summed E-state index contributed by atoms with van der Waals surface area (Å²) in [6.07, 6.45) is 5.79. The summed E-state index contributed by atoms with van der Waals surface area (Å²) < 4.78 is 0. The third-order valence-corrected chi connectivity index (χ3v) is 4.25. The first-order chi connectivity index (χ1) is 9.13. The SMILES string of the molecule is C=C/C=C\C(=C)C(NCc1ccccc1)PC(C)C. The van der Waals surface area contributed by atoms with Gasteiger partial charge in [-0.3, -0.25) is 0 Å². The van der Waals surface area contributed by atoms with Crippen LogP contribution in [-0.2, 0) is 6.54 Å². The molecule has 19 heavy (non-hydrogen) atoms. The monoisotopic (exact) mass is 273 g/mol. The summed E-state index contributed by atoms with van der Waals surface area (Å²) in [6.45, 7) is 13.2. The molecule has 0 fully saturated rings. The fraction of sp³-hybridized carbons (Fsp3) is 0.294. The minimum absolute atomic E-state index is 0.344. The molecule has 0 heterocycles. The molecular formula is C17H24NP. The van der Waals surface area contributed by atoms with Gasteiger partial charge in [0.05, 0.1) is 0 Å². The minimum atomic E-state index is 0.344. The van der Waals surface area contributed by atoms with Gasteiger partial charge in [0, 0.05) is 12.3 Å². The standard InChI is InChI=1S/C17H24NP/c1-5-6-10-15(4)17(19-14(2)3)18-13-16-11-8-7-9-12-16/h5-12,14,17-19H,1,4,13H2,2-3H3/b10-6-. The van der Waals surface area contributed by atoms with Crippen molar-refractivity contribution in [3.8, 4) is 0 Å². The molecule has 1 nitrogen and oxygen atoms in total. The third-order valence-electron chi connectivity index (χ3n) is 2.67. The van der Waals surface area contributed by atoms with Gasteiger partial charge in [-0.15, -0.1) is 0 Å². The van der Waals surface area contributed by atoms with Crippen LogP contribution in [0.4, 0.5) is 0 Å². The Morgan fingerprint density at radius 1 is 1.32 bits per heavy atom. The second kappa shape index (κ2) is 8.85. The molecule has 2 unspecified atom stereocenters. The highest BCUT2D eigenvalue weighted by atomic mass is 31.1. The van der Waals surface area contributed by atoms with Gasteiger partial charge in [0.25, 0.3) is 0 Å². The Morgan fingerprint density at radius 2 is 2.00 bits per heavy atom.